The van der Waals surface area contributed by atoms with Crippen LogP contribution in [0.4, 0.5) is 0 Å². The molecule has 65 heavy (non-hydrogen) atoms. The molecule has 0 aliphatic heterocycles. The fraction of sp³-hybridized carbons (Fsp3) is 0.881. The minimum Gasteiger partial charge on any atom is -0.462 e. The average Bonchev–Trinajstić information content (AvgIpc) is 3.30. The van der Waals surface area contributed by atoms with Crippen LogP contribution in [-0.4, -0.2) is 37.2 Å². The Balaban J connectivity index is 4.31. The Morgan fingerprint density at radius 3 is 0.769 bits per heavy atom. The van der Waals surface area contributed by atoms with Gasteiger partial charge in [-0.25, -0.2) is 0 Å². The van der Waals surface area contributed by atoms with E-state index in [1.54, 1.807) is 0 Å². The predicted octanol–water partition coefficient (Wildman–Crippen LogP) is 19.1. The molecule has 0 aliphatic rings. The van der Waals surface area contributed by atoms with Gasteiger partial charge in [0, 0.05) is 19.3 Å². The molecule has 1 atom stereocenters. The van der Waals surface area contributed by atoms with Crippen molar-refractivity contribution >= 4 is 17.9 Å². The Kier molecular flexibility index (Phi) is 52.7. The summed E-state index contributed by atoms with van der Waals surface area (Å²) in [6.07, 6.45) is 63.1. The van der Waals surface area contributed by atoms with Gasteiger partial charge >= 0.3 is 17.9 Å². The maximum Gasteiger partial charge on any atom is 0.306 e. The van der Waals surface area contributed by atoms with Gasteiger partial charge < -0.3 is 14.2 Å². The van der Waals surface area contributed by atoms with Gasteiger partial charge in [-0.05, 0) is 70.6 Å². The Morgan fingerprint density at radius 1 is 0.292 bits per heavy atom. The van der Waals surface area contributed by atoms with Crippen LogP contribution in [0.3, 0.4) is 0 Å². The summed E-state index contributed by atoms with van der Waals surface area (Å²) >= 11 is 0. The van der Waals surface area contributed by atoms with Crippen LogP contribution in [0.15, 0.2) is 24.3 Å². The molecule has 0 saturated heterocycles. The van der Waals surface area contributed by atoms with E-state index in [0.29, 0.717) is 19.3 Å². The van der Waals surface area contributed by atoms with E-state index in [-0.39, 0.29) is 31.1 Å². The molecule has 0 aromatic carbocycles. The molecule has 0 radical (unpaired) electrons. The minimum atomic E-state index is -0.772. The highest BCUT2D eigenvalue weighted by atomic mass is 16.6. The zero-order valence-electron chi connectivity index (χ0n) is 43.8. The van der Waals surface area contributed by atoms with E-state index in [1.165, 1.54) is 212 Å². The number of unbranched alkanes of at least 4 members (excludes halogenated alkanes) is 38. The first-order valence-electron chi connectivity index (χ1n) is 28.8. The third-order valence-corrected chi connectivity index (χ3v) is 12.9. The molecular weight excluding hydrogens is 805 g/mol. The van der Waals surface area contributed by atoms with E-state index >= 15 is 0 Å². The molecule has 382 valence electrons. The molecular formula is C59H110O6. The van der Waals surface area contributed by atoms with Crippen molar-refractivity contribution in [2.24, 2.45) is 0 Å². The van der Waals surface area contributed by atoms with E-state index in [9.17, 15) is 14.4 Å². The summed E-state index contributed by atoms with van der Waals surface area (Å²) in [5, 5.41) is 0. The monoisotopic (exact) mass is 915 g/mol. The van der Waals surface area contributed by atoms with Gasteiger partial charge in [-0.1, -0.05) is 251 Å². The molecule has 0 aromatic rings. The molecule has 6 nitrogen and oxygen atoms in total. The van der Waals surface area contributed by atoms with E-state index < -0.39 is 6.10 Å². The molecule has 0 spiro atoms. The van der Waals surface area contributed by atoms with Crippen LogP contribution in [-0.2, 0) is 28.6 Å². The summed E-state index contributed by atoms with van der Waals surface area (Å²) < 4.78 is 16.9. The van der Waals surface area contributed by atoms with Crippen molar-refractivity contribution in [3.8, 4) is 0 Å². The lowest BCUT2D eigenvalue weighted by atomic mass is 10.0. The zero-order valence-corrected chi connectivity index (χ0v) is 43.8. The molecule has 6 heteroatoms. The lowest BCUT2D eigenvalue weighted by Gasteiger charge is -2.18. The van der Waals surface area contributed by atoms with Crippen LogP contribution < -0.4 is 0 Å². The number of esters is 3. The topological polar surface area (TPSA) is 78.9 Å². The largest absolute Gasteiger partial charge is 0.462 e. The molecule has 0 aromatic heterocycles. The number of ether oxygens (including phenoxy) is 3. The molecule has 0 N–H and O–H groups in total. The molecule has 0 rings (SSSR count). The van der Waals surface area contributed by atoms with Crippen molar-refractivity contribution in [1.82, 2.24) is 0 Å². The highest BCUT2D eigenvalue weighted by Gasteiger charge is 2.19. The highest BCUT2D eigenvalue weighted by Crippen LogP contribution is 2.16. The number of hydrogen-bond acceptors (Lipinski definition) is 6. The van der Waals surface area contributed by atoms with E-state index in [1.807, 2.05) is 0 Å². The molecule has 0 aliphatic carbocycles. The zero-order chi connectivity index (χ0) is 47.2. The quantitative estimate of drug-likeness (QED) is 0.0262. The van der Waals surface area contributed by atoms with Crippen LogP contribution in [0.5, 0.6) is 0 Å². The van der Waals surface area contributed by atoms with Crippen LogP contribution >= 0.6 is 0 Å². The molecule has 0 amide bonds. The van der Waals surface area contributed by atoms with Crippen LogP contribution in [0.1, 0.15) is 316 Å². The van der Waals surface area contributed by atoms with Gasteiger partial charge in [0.1, 0.15) is 13.2 Å². The Hall–Kier alpha value is -2.11. The van der Waals surface area contributed by atoms with Crippen LogP contribution in [0, 0.1) is 0 Å². The number of rotatable bonds is 53. The van der Waals surface area contributed by atoms with Gasteiger partial charge in [0.2, 0.25) is 0 Å². The number of carbonyl (C=O) groups is 3. The second kappa shape index (κ2) is 54.5. The Bertz CT molecular complexity index is 1050. The van der Waals surface area contributed by atoms with Gasteiger partial charge in [0.05, 0.1) is 0 Å². The van der Waals surface area contributed by atoms with Crippen molar-refractivity contribution in [1.29, 1.82) is 0 Å². The van der Waals surface area contributed by atoms with Crippen molar-refractivity contribution in [2.75, 3.05) is 13.2 Å². The van der Waals surface area contributed by atoms with Crippen molar-refractivity contribution in [2.45, 2.75) is 322 Å². The smallest absolute Gasteiger partial charge is 0.306 e. The second-order valence-electron chi connectivity index (χ2n) is 19.6. The fourth-order valence-electron chi connectivity index (χ4n) is 8.55. The Labute approximate surface area is 404 Å². The van der Waals surface area contributed by atoms with E-state index in [0.717, 1.165) is 64.2 Å². The van der Waals surface area contributed by atoms with Crippen molar-refractivity contribution in [3.05, 3.63) is 24.3 Å². The first-order valence-corrected chi connectivity index (χ1v) is 28.8. The fourth-order valence-corrected chi connectivity index (χ4v) is 8.55. The molecule has 0 heterocycles. The maximum absolute atomic E-state index is 12.8. The van der Waals surface area contributed by atoms with Crippen LogP contribution in [0.2, 0.25) is 0 Å². The maximum atomic E-state index is 12.8. The SMILES string of the molecule is CCCCCCC/C=C\CCCCCCCC(=O)O[C@@H](COC(=O)CCCCCCCCCCC/C=C\CCCCCCCC)COC(=O)CCCCCCCCCCCCCCCC. The van der Waals surface area contributed by atoms with Gasteiger partial charge in [-0.2, -0.15) is 0 Å². The third kappa shape index (κ3) is 52.7. The number of allylic oxidation sites excluding steroid dienone is 4. The first-order chi connectivity index (χ1) is 32.0. The molecule has 0 saturated carbocycles. The lowest BCUT2D eigenvalue weighted by Crippen LogP contribution is -2.30. The summed E-state index contributed by atoms with van der Waals surface area (Å²) in [4.78, 5) is 38.1. The summed E-state index contributed by atoms with van der Waals surface area (Å²) in [5.41, 5.74) is 0. The molecule has 0 bridgehead atoms. The second-order valence-corrected chi connectivity index (χ2v) is 19.6. The summed E-state index contributed by atoms with van der Waals surface area (Å²) in [7, 11) is 0. The van der Waals surface area contributed by atoms with Crippen LogP contribution in [0.25, 0.3) is 0 Å². The average molecular weight is 916 g/mol. The first kappa shape index (κ1) is 62.9. The predicted molar refractivity (Wildman–Crippen MR) is 279 cm³/mol. The van der Waals surface area contributed by atoms with Gasteiger partial charge in [-0.15, -0.1) is 0 Å². The Morgan fingerprint density at radius 2 is 0.508 bits per heavy atom. The van der Waals surface area contributed by atoms with E-state index in [4.69, 9.17) is 14.2 Å². The summed E-state index contributed by atoms with van der Waals surface area (Å²) in [6, 6.07) is 0. The van der Waals surface area contributed by atoms with Gasteiger partial charge in [0.15, 0.2) is 6.10 Å². The van der Waals surface area contributed by atoms with Gasteiger partial charge in [-0.3, -0.25) is 14.4 Å². The lowest BCUT2D eigenvalue weighted by molar-refractivity contribution is -0.167. The summed E-state index contributed by atoms with van der Waals surface area (Å²) in [5.74, 6) is -0.862. The number of carbonyl (C=O) groups excluding carboxylic acids is 3. The molecule has 0 fully saturated rings. The van der Waals surface area contributed by atoms with Crippen molar-refractivity contribution < 1.29 is 28.6 Å². The van der Waals surface area contributed by atoms with Gasteiger partial charge in [0.25, 0.3) is 0 Å². The third-order valence-electron chi connectivity index (χ3n) is 12.9. The highest BCUT2D eigenvalue weighted by molar-refractivity contribution is 5.71. The standard InChI is InChI=1S/C59H110O6/c1-4-7-10-13-16-19-22-25-28-29-30-31-32-35-37-40-43-46-49-52-58(61)64-55-56(65-59(62)53-50-47-44-41-38-34-27-24-21-18-15-12-9-6-3)54-63-57(60)51-48-45-42-39-36-33-26-23-20-17-14-11-8-5-2/h24-25,27-28,56H,4-23,26,29-55H2,1-3H3/b27-24-,28-25-/t56-/m1/s1. The summed E-state index contributed by atoms with van der Waals surface area (Å²) in [6.45, 7) is 6.66. The van der Waals surface area contributed by atoms with E-state index in [2.05, 4.69) is 45.1 Å². The van der Waals surface area contributed by atoms with Crippen molar-refractivity contribution in [3.63, 3.8) is 0 Å². The minimum absolute atomic E-state index is 0.0708. The normalized spacial score (nSPS) is 12.1. The number of hydrogen-bond donors (Lipinski definition) is 0. The molecule has 0 unspecified atom stereocenters.